The summed E-state index contributed by atoms with van der Waals surface area (Å²) in [6.07, 6.45) is 10.4. The first kappa shape index (κ1) is 30.6. The van der Waals surface area contributed by atoms with Gasteiger partial charge in [-0.2, -0.15) is 0 Å². The molecule has 44 heavy (non-hydrogen) atoms. The number of hydrogen-bond donors (Lipinski definition) is 4. The van der Waals surface area contributed by atoms with Gasteiger partial charge in [0, 0.05) is 62.5 Å². The van der Waals surface area contributed by atoms with Gasteiger partial charge in [-0.15, -0.1) is 0 Å². The largest absolute Gasteiger partial charge is 0.365 e. The number of amides is 2. The first-order valence-corrected chi connectivity index (χ1v) is 14.5. The highest BCUT2D eigenvalue weighted by Crippen LogP contribution is 2.25. The molecule has 0 aliphatic carbocycles. The molecule has 0 radical (unpaired) electrons. The number of piperidine rings is 2. The van der Waals surface area contributed by atoms with Crippen molar-refractivity contribution in [1.82, 2.24) is 39.7 Å². The maximum Gasteiger partial charge on any atom is 0.246 e. The van der Waals surface area contributed by atoms with E-state index in [1.807, 2.05) is 12.1 Å². The molecule has 4 aromatic heterocycles. The minimum atomic E-state index is -0.442. The molecule has 12 nitrogen and oxygen atoms in total. The van der Waals surface area contributed by atoms with Gasteiger partial charge in [0.1, 0.15) is 35.6 Å². The lowest BCUT2D eigenvalue weighted by atomic mass is 9.95. The normalized spacial score (nSPS) is 21.8. The lowest BCUT2D eigenvalue weighted by molar-refractivity contribution is -0.128. The monoisotopic (exact) mass is 606 g/mol. The summed E-state index contributed by atoms with van der Waals surface area (Å²) in [5, 5.41) is 8.40. The zero-order valence-electron chi connectivity index (χ0n) is 24.3. The van der Waals surface area contributed by atoms with Crippen LogP contribution in [0.4, 0.5) is 20.4 Å². The minimum absolute atomic E-state index is 0.0496. The molecule has 0 aromatic carbocycles. The van der Waals surface area contributed by atoms with Crippen molar-refractivity contribution >= 4 is 45.5 Å². The van der Waals surface area contributed by atoms with Crippen molar-refractivity contribution in [1.29, 1.82) is 0 Å². The highest BCUT2D eigenvalue weighted by atomic mass is 19.1. The third-order valence-electron chi connectivity index (χ3n) is 7.87. The summed E-state index contributed by atoms with van der Waals surface area (Å²) in [6, 6.07) is 3.68. The number of rotatable bonds is 8. The number of aromatic nitrogens is 6. The number of aromatic amines is 2. The minimum Gasteiger partial charge on any atom is -0.365 e. The van der Waals surface area contributed by atoms with Gasteiger partial charge in [-0.1, -0.05) is 13.2 Å². The second kappa shape index (κ2) is 14.1. The highest BCUT2D eigenvalue weighted by molar-refractivity contribution is 5.89. The predicted octanol–water partition coefficient (Wildman–Crippen LogP) is 3.48. The number of nitrogens with one attached hydrogen (secondary N) is 4. The molecular weight excluding hydrogens is 570 g/mol. The fraction of sp³-hybridized carbons (Fsp3) is 0.400. The number of likely N-dealkylation sites (tertiary alicyclic amines) is 2. The number of carbonyl (C=O) groups is 2. The molecule has 0 spiro atoms. The fourth-order valence-electron chi connectivity index (χ4n) is 5.82. The van der Waals surface area contributed by atoms with E-state index in [1.165, 1.54) is 24.8 Å². The second-order valence-corrected chi connectivity index (χ2v) is 11.0. The van der Waals surface area contributed by atoms with Crippen molar-refractivity contribution in [2.75, 3.05) is 50.2 Å². The number of halogens is 2. The molecule has 0 bridgehead atoms. The summed E-state index contributed by atoms with van der Waals surface area (Å²) in [7, 11) is 0. The highest BCUT2D eigenvalue weighted by Gasteiger charge is 2.31. The van der Waals surface area contributed by atoms with Gasteiger partial charge in [0.15, 0.2) is 0 Å². The maximum absolute atomic E-state index is 13.1. The standard InChI is InChI=1S/2C15H18FN5O/c2*1-2-13(22)21-7-10(6-16)5-11(8-21)20-15-12-3-4-17-14(12)18-9-19-15/h2*2-4,9-11H,1,5-8H2,(H2,17,18,19,20)/t2*10-,11-/m10/s1. The number of alkyl halides is 2. The number of anilines is 2. The Morgan fingerprint density at radius 2 is 1.20 bits per heavy atom. The molecule has 4 atom stereocenters. The smallest absolute Gasteiger partial charge is 0.246 e. The third-order valence-corrected chi connectivity index (χ3v) is 7.87. The third kappa shape index (κ3) is 7.01. The molecule has 0 saturated carbocycles. The van der Waals surface area contributed by atoms with E-state index < -0.39 is 13.3 Å². The van der Waals surface area contributed by atoms with Crippen LogP contribution >= 0.6 is 0 Å². The van der Waals surface area contributed by atoms with Crippen LogP contribution < -0.4 is 10.6 Å². The number of H-pyrrole nitrogens is 2. The quantitative estimate of drug-likeness (QED) is 0.223. The molecule has 2 fully saturated rings. The summed E-state index contributed by atoms with van der Waals surface area (Å²) in [6.45, 7) is 8.00. The van der Waals surface area contributed by atoms with E-state index in [2.05, 4.69) is 53.7 Å². The van der Waals surface area contributed by atoms with Crippen molar-refractivity contribution in [3.8, 4) is 0 Å². The summed E-state index contributed by atoms with van der Waals surface area (Å²) in [5.74, 6) is 0.722. The van der Waals surface area contributed by atoms with Crippen LogP contribution in [-0.2, 0) is 9.59 Å². The summed E-state index contributed by atoms with van der Waals surface area (Å²) in [4.78, 5) is 49.7. The van der Waals surface area contributed by atoms with Gasteiger partial charge in [-0.05, 0) is 37.1 Å². The van der Waals surface area contributed by atoms with Gasteiger partial charge in [-0.25, -0.2) is 19.9 Å². The van der Waals surface area contributed by atoms with Crippen LogP contribution in [0, 0.1) is 11.8 Å². The molecule has 4 N–H and O–H groups in total. The molecule has 232 valence electrons. The molecule has 2 aliphatic heterocycles. The number of fused-ring (bicyclic) bond motifs is 2. The van der Waals surface area contributed by atoms with Crippen LogP contribution in [-0.4, -0.2) is 103 Å². The van der Waals surface area contributed by atoms with Crippen molar-refractivity contribution in [2.24, 2.45) is 11.8 Å². The average Bonchev–Trinajstić information content (AvgIpc) is 3.75. The van der Waals surface area contributed by atoms with E-state index in [1.54, 1.807) is 22.2 Å². The van der Waals surface area contributed by atoms with Crippen LogP contribution in [0.25, 0.3) is 22.1 Å². The Kier molecular flexibility index (Phi) is 9.77. The Hall–Kier alpha value is -4.88. The van der Waals surface area contributed by atoms with Crippen LogP contribution in [0.1, 0.15) is 12.8 Å². The lowest BCUT2D eigenvalue weighted by Crippen LogP contribution is -2.49. The Morgan fingerprint density at radius 3 is 1.59 bits per heavy atom. The van der Waals surface area contributed by atoms with E-state index in [4.69, 9.17) is 0 Å². The molecule has 4 aromatic rings. The maximum atomic E-state index is 13.1. The van der Waals surface area contributed by atoms with Gasteiger partial charge in [0.05, 0.1) is 24.1 Å². The predicted molar refractivity (Wildman–Crippen MR) is 164 cm³/mol. The van der Waals surface area contributed by atoms with Crippen molar-refractivity contribution in [2.45, 2.75) is 24.9 Å². The van der Waals surface area contributed by atoms with Gasteiger partial charge < -0.3 is 30.4 Å². The van der Waals surface area contributed by atoms with Crippen molar-refractivity contribution < 1.29 is 18.4 Å². The van der Waals surface area contributed by atoms with E-state index in [-0.39, 0.29) is 35.7 Å². The van der Waals surface area contributed by atoms with Crippen molar-refractivity contribution in [3.63, 3.8) is 0 Å². The summed E-state index contributed by atoms with van der Waals surface area (Å²) < 4.78 is 26.2. The molecular formula is C30H36F2N10O2. The summed E-state index contributed by atoms with van der Waals surface area (Å²) in [5.41, 5.74) is 1.49. The molecule has 14 heteroatoms. The van der Waals surface area contributed by atoms with Gasteiger partial charge in [0.2, 0.25) is 11.8 Å². The van der Waals surface area contributed by atoms with Crippen LogP contribution in [0.2, 0.25) is 0 Å². The number of carbonyl (C=O) groups excluding carboxylic acids is 2. The Balaban J connectivity index is 0.000000175. The Morgan fingerprint density at radius 1 is 0.773 bits per heavy atom. The Labute approximate surface area is 253 Å². The van der Waals surface area contributed by atoms with Crippen LogP contribution in [0.5, 0.6) is 0 Å². The molecule has 2 amide bonds. The zero-order chi connectivity index (χ0) is 31.1. The molecule has 2 saturated heterocycles. The summed E-state index contributed by atoms with van der Waals surface area (Å²) >= 11 is 0. The average molecular weight is 607 g/mol. The molecule has 6 rings (SSSR count). The molecule has 6 heterocycles. The van der Waals surface area contributed by atoms with Gasteiger partial charge >= 0.3 is 0 Å². The molecule has 2 aliphatic rings. The van der Waals surface area contributed by atoms with E-state index in [0.717, 1.165) is 22.1 Å². The van der Waals surface area contributed by atoms with E-state index in [9.17, 15) is 18.4 Å². The number of nitrogens with zero attached hydrogens (tertiary/aromatic N) is 6. The van der Waals surface area contributed by atoms with Gasteiger partial charge in [0.25, 0.3) is 0 Å². The van der Waals surface area contributed by atoms with Crippen LogP contribution in [0.15, 0.2) is 62.5 Å². The Bertz CT molecular complexity index is 1490. The van der Waals surface area contributed by atoms with E-state index in [0.29, 0.717) is 50.7 Å². The van der Waals surface area contributed by atoms with Crippen LogP contribution in [0.3, 0.4) is 0 Å². The van der Waals surface area contributed by atoms with Crippen molar-refractivity contribution in [3.05, 3.63) is 62.5 Å². The molecule has 0 unspecified atom stereocenters. The van der Waals surface area contributed by atoms with Gasteiger partial charge in [-0.3, -0.25) is 18.4 Å². The fourth-order valence-corrected chi connectivity index (χ4v) is 5.82. The first-order valence-electron chi connectivity index (χ1n) is 14.5. The lowest BCUT2D eigenvalue weighted by Gasteiger charge is -2.37. The first-order chi connectivity index (χ1) is 21.4. The zero-order valence-corrected chi connectivity index (χ0v) is 24.3. The van der Waals surface area contributed by atoms with E-state index >= 15 is 0 Å². The SMILES string of the molecule is C=CC(=O)N1C[C@@H](CF)C[C@@H](Nc2ncnc3[nH]ccc23)C1.C=CC(=O)N1C[C@H](CF)C[C@H](Nc2ncnc3[nH]ccc23)C1. The topological polar surface area (TPSA) is 148 Å². The second-order valence-electron chi connectivity index (χ2n) is 11.0. The number of hydrogen-bond acceptors (Lipinski definition) is 8.